The molecule has 1 heterocycles. The third-order valence-corrected chi connectivity index (χ3v) is 3.85. The van der Waals surface area contributed by atoms with Gasteiger partial charge in [-0.1, -0.05) is 30.3 Å². The third kappa shape index (κ3) is 3.46. The van der Waals surface area contributed by atoms with Crippen molar-refractivity contribution in [1.82, 2.24) is 5.32 Å². The van der Waals surface area contributed by atoms with E-state index in [2.05, 4.69) is 5.32 Å². The lowest BCUT2D eigenvalue weighted by atomic mass is 10.1. The van der Waals surface area contributed by atoms with E-state index in [9.17, 15) is 14.0 Å². The summed E-state index contributed by atoms with van der Waals surface area (Å²) in [6.45, 7) is 0.510. The summed E-state index contributed by atoms with van der Waals surface area (Å²) in [7, 11) is 0. The van der Waals surface area contributed by atoms with Crippen LogP contribution in [0.2, 0.25) is 0 Å². The van der Waals surface area contributed by atoms with Gasteiger partial charge >= 0.3 is 0 Å². The second-order valence-electron chi connectivity index (χ2n) is 5.49. The molecule has 5 heteroatoms. The van der Waals surface area contributed by atoms with E-state index >= 15 is 0 Å². The number of nitrogens with zero attached hydrogens (tertiary/aromatic N) is 1. The number of rotatable bonds is 5. The number of hydrogen-bond acceptors (Lipinski definition) is 3. The monoisotopic (exact) mass is 312 g/mol. The Morgan fingerprint density at radius 3 is 2.61 bits per heavy atom. The zero-order chi connectivity index (χ0) is 16.2. The van der Waals surface area contributed by atoms with Gasteiger partial charge in [0.15, 0.2) is 0 Å². The maximum absolute atomic E-state index is 13.1. The van der Waals surface area contributed by atoms with Gasteiger partial charge in [-0.05, 0) is 42.8 Å². The number of carbonyl (C=O) groups excluding carboxylic acids is 2. The molecule has 0 spiro atoms. The van der Waals surface area contributed by atoms with Gasteiger partial charge in [0, 0.05) is 0 Å². The zero-order valence-electron chi connectivity index (χ0n) is 12.5. The molecule has 0 saturated carbocycles. The fourth-order valence-corrected chi connectivity index (χ4v) is 2.72. The fraction of sp³-hybridized carbons (Fsp3) is 0.222. The van der Waals surface area contributed by atoms with Crippen LogP contribution in [0.5, 0.6) is 0 Å². The molecule has 2 aromatic carbocycles. The van der Waals surface area contributed by atoms with Crippen LogP contribution in [0, 0.1) is 5.82 Å². The van der Waals surface area contributed by atoms with E-state index in [1.807, 2.05) is 12.1 Å². The molecular formula is C18H17FN2O2. The maximum Gasteiger partial charge on any atom is 0.251 e. The molecule has 4 nitrogen and oxygen atoms in total. The minimum Gasteiger partial charge on any atom is -0.305 e. The van der Waals surface area contributed by atoms with Crippen LogP contribution >= 0.6 is 0 Å². The summed E-state index contributed by atoms with van der Waals surface area (Å²) in [5.41, 5.74) is 1.45. The molecule has 1 aliphatic heterocycles. The van der Waals surface area contributed by atoms with Crippen LogP contribution in [0.3, 0.4) is 0 Å². The highest BCUT2D eigenvalue weighted by Gasteiger charge is 2.38. The summed E-state index contributed by atoms with van der Waals surface area (Å²) < 4.78 is 13.1. The van der Waals surface area contributed by atoms with Gasteiger partial charge in [0.2, 0.25) is 5.91 Å². The van der Waals surface area contributed by atoms with Crippen molar-refractivity contribution in [2.24, 2.45) is 0 Å². The standard InChI is InChI=1S/C18H17FN2O2/c19-14-6-4-5-13(11-14)9-10-20-16-12-17(22)21(18(16)23)15-7-2-1-3-8-15/h1-8,11,16,20H,9-10,12H2. The molecule has 1 saturated heterocycles. The number of anilines is 1. The summed E-state index contributed by atoms with van der Waals surface area (Å²) in [4.78, 5) is 25.7. The molecule has 0 aromatic heterocycles. The molecule has 2 aromatic rings. The van der Waals surface area contributed by atoms with Gasteiger partial charge in [-0.15, -0.1) is 0 Å². The lowest BCUT2D eigenvalue weighted by Crippen LogP contribution is -2.39. The highest BCUT2D eigenvalue weighted by Crippen LogP contribution is 2.22. The van der Waals surface area contributed by atoms with Crippen molar-refractivity contribution < 1.29 is 14.0 Å². The molecule has 0 aliphatic carbocycles. The maximum atomic E-state index is 13.1. The number of nitrogens with one attached hydrogen (secondary N) is 1. The van der Waals surface area contributed by atoms with Crippen molar-refractivity contribution >= 4 is 17.5 Å². The molecular weight excluding hydrogens is 295 g/mol. The van der Waals surface area contributed by atoms with Gasteiger partial charge in [0.25, 0.3) is 5.91 Å². The Morgan fingerprint density at radius 2 is 1.87 bits per heavy atom. The summed E-state index contributed by atoms with van der Waals surface area (Å²) in [5.74, 6) is -0.713. The van der Waals surface area contributed by atoms with Crippen molar-refractivity contribution in [3.63, 3.8) is 0 Å². The quantitative estimate of drug-likeness (QED) is 0.862. The first kappa shape index (κ1) is 15.4. The van der Waals surface area contributed by atoms with Crippen LogP contribution in [0.4, 0.5) is 10.1 Å². The number of carbonyl (C=O) groups is 2. The van der Waals surface area contributed by atoms with Crippen LogP contribution < -0.4 is 10.2 Å². The van der Waals surface area contributed by atoms with E-state index in [0.717, 1.165) is 5.56 Å². The average molecular weight is 312 g/mol. The minimum absolute atomic E-state index is 0.150. The summed E-state index contributed by atoms with van der Waals surface area (Å²) in [6, 6.07) is 14.7. The Hall–Kier alpha value is -2.53. The molecule has 1 unspecified atom stereocenters. The van der Waals surface area contributed by atoms with Crippen molar-refractivity contribution in [1.29, 1.82) is 0 Å². The summed E-state index contributed by atoms with van der Waals surface area (Å²) in [6.07, 6.45) is 0.748. The second kappa shape index (κ2) is 6.71. The van der Waals surface area contributed by atoms with E-state index < -0.39 is 6.04 Å². The lowest BCUT2D eigenvalue weighted by Gasteiger charge is -2.15. The molecule has 0 radical (unpaired) electrons. The summed E-state index contributed by atoms with van der Waals surface area (Å²) in [5, 5.41) is 3.09. The zero-order valence-corrected chi connectivity index (χ0v) is 12.5. The van der Waals surface area contributed by atoms with Gasteiger partial charge in [0.05, 0.1) is 18.2 Å². The number of imide groups is 1. The Kier molecular flexibility index (Phi) is 4.48. The van der Waals surface area contributed by atoms with Crippen LogP contribution in [-0.4, -0.2) is 24.4 Å². The number of halogens is 1. The van der Waals surface area contributed by atoms with E-state index in [4.69, 9.17) is 0 Å². The van der Waals surface area contributed by atoms with Crippen LogP contribution in [0.1, 0.15) is 12.0 Å². The molecule has 1 atom stereocenters. The van der Waals surface area contributed by atoms with E-state index in [-0.39, 0.29) is 24.1 Å². The van der Waals surface area contributed by atoms with E-state index in [1.165, 1.54) is 17.0 Å². The molecule has 1 aliphatic rings. The van der Waals surface area contributed by atoms with Gasteiger partial charge in [0.1, 0.15) is 5.82 Å². The van der Waals surface area contributed by atoms with Crippen molar-refractivity contribution in [3.8, 4) is 0 Å². The molecule has 0 bridgehead atoms. The summed E-state index contributed by atoms with van der Waals surface area (Å²) >= 11 is 0. The Bertz CT molecular complexity index is 718. The fourth-order valence-electron chi connectivity index (χ4n) is 2.72. The van der Waals surface area contributed by atoms with Crippen LogP contribution in [-0.2, 0) is 16.0 Å². The highest BCUT2D eigenvalue weighted by atomic mass is 19.1. The lowest BCUT2D eigenvalue weighted by molar-refractivity contribution is -0.121. The molecule has 2 amide bonds. The van der Waals surface area contributed by atoms with Crippen LogP contribution in [0.25, 0.3) is 0 Å². The average Bonchev–Trinajstić information content (AvgIpc) is 2.82. The van der Waals surface area contributed by atoms with E-state index in [0.29, 0.717) is 18.7 Å². The minimum atomic E-state index is -0.517. The number of amides is 2. The highest BCUT2D eigenvalue weighted by molar-refractivity contribution is 6.22. The molecule has 1 fully saturated rings. The topological polar surface area (TPSA) is 49.4 Å². The number of para-hydroxylation sites is 1. The predicted octanol–water partition coefficient (Wildman–Crippen LogP) is 2.29. The Labute approximate surface area is 133 Å². The predicted molar refractivity (Wildman–Crippen MR) is 85.4 cm³/mol. The first-order valence-corrected chi connectivity index (χ1v) is 7.55. The van der Waals surface area contributed by atoms with Crippen molar-refractivity contribution in [2.45, 2.75) is 18.9 Å². The second-order valence-corrected chi connectivity index (χ2v) is 5.49. The van der Waals surface area contributed by atoms with Gasteiger partial charge in [-0.25, -0.2) is 9.29 Å². The third-order valence-electron chi connectivity index (χ3n) is 3.85. The molecule has 23 heavy (non-hydrogen) atoms. The Morgan fingerprint density at radius 1 is 1.09 bits per heavy atom. The normalized spacial score (nSPS) is 17.8. The molecule has 1 N–H and O–H groups in total. The van der Waals surface area contributed by atoms with Gasteiger partial charge in [-0.3, -0.25) is 9.59 Å². The van der Waals surface area contributed by atoms with Crippen molar-refractivity contribution in [3.05, 3.63) is 66.0 Å². The SMILES string of the molecule is O=C1CC(NCCc2cccc(F)c2)C(=O)N1c1ccccc1. The molecule has 118 valence electrons. The first-order valence-electron chi connectivity index (χ1n) is 7.55. The van der Waals surface area contributed by atoms with Gasteiger partial charge < -0.3 is 5.32 Å². The Balaban J connectivity index is 1.59. The number of hydrogen-bond donors (Lipinski definition) is 1. The van der Waals surface area contributed by atoms with Crippen molar-refractivity contribution in [2.75, 3.05) is 11.4 Å². The van der Waals surface area contributed by atoms with Gasteiger partial charge in [-0.2, -0.15) is 0 Å². The van der Waals surface area contributed by atoms with E-state index in [1.54, 1.807) is 30.3 Å². The molecule has 3 rings (SSSR count). The number of benzene rings is 2. The van der Waals surface area contributed by atoms with Crippen LogP contribution in [0.15, 0.2) is 54.6 Å². The first-order chi connectivity index (χ1) is 11.1. The largest absolute Gasteiger partial charge is 0.305 e. The smallest absolute Gasteiger partial charge is 0.251 e.